The largest absolute Gasteiger partial charge is 0.461 e. The van der Waals surface area contributed by atoms with Crippen LogP contribution >= 0.6 is 11.3 Å². The molecule has 1 fully saturated rings. The standard InChI is InChI=1S/C14H22N2O2S/c1-4-18-13(17)12-8-19-14(16-12)15-11-7-5-6-9(2)10(11)3/h8-11H,4-7H2,1-3H3,(H,15,16). The molecular formula is C14H22N2O2S. The van der Waals surface area contributed by atoms with E-state index in [-0.39, 0.29) is 5.97 Å². The highest BCUT2D eigenvalue weighted by Gasteiger charge is 2.27. The predicted molar refractivity (Wildman–Crippen MR) is 77.7 cm³/mol. The number of thiazole rings is 1. The third-order valence-corrected chi connectivity index (χ3v) is 4.78. The Kier molecular flexibility index (Phi) is 4.80. The van der Waals surface area contributed by atoms with E-state index in [1.807, 2.05) is 0 Å². The summed E-state index contributed by atoms with van der Waals surface area (Å²) in [5, 5.41) is 6.07. The summed E-state index contributed by atoms with van der Waals surface area (Å²) in [7, 11) is 0. The number of carbonyl (C=O) groups is 1. The molecule has 0 bridgehead atoms. The van der Waals surface area contributed by atoms with Crippen LogP contribution in [0.25, 0.3) is 0 Å². The van der Waals surface area contributed by atoms with Crippen molar-refractivity contribution in [1.82, 2.24) is 4.98 Å². The van der Waals surface area contributed by atoms with Gasteiger partial charge < -0.3 is 10.1 Å². The number of hydrogen-bond donors (Lipinski definition) is 1. The fraction of sp³-hybridized carbons (Fsp3) is 0.714. The van der Waals surface area contributed by atoms with Crippen LogP contribution < -0.4 is 5.32 Å². The zero-order valence-electron chi connectivity index (χ0n) is 11.8. The van der Waals surface area contributed by atoms with Gasteiger partial charge in [0.2, 0.25) is 0 Å². The summed E-state index contributed by atoms with van der Waals surface area (Å²) < 4.78 is 4.95. The lowest BCUT2D eigenvalue weighted by Crippen LogP contribution is -2.34. The molecule has 5 heteroatoms. The van der Waals surface area contributed by atoms with Gasteiger partial charge >= 0.3 is 5.97 Å². The Balaban J connectivity index is 1.97. The fourth-order valence-corrected chi connectivity index (χ4v) is 3.33. The number of aromatic nitrogens is 1. The third kappa shape index (κ3) is 3.47. The quantitative estimate of drug-likeness (QED) is 0.858. The van der Waals surface area contributed by atoms with E-state index in [2.05, 4.69) is 24.1 Å². The summed E-state index contributed by atoms with van der Waals surface area (Å²) >= 11 is 1.48. The van der Waals surface area contributed by atoms with Gasteiger partial charge in [-0.25, -0.2) is 9.78 Å². The molecular weight excluding hydrogens is 260 g/mol. The topological polar surface area (TPSA) is 51.2 Å². The molecule has 106 valence electrons. The predicted octanol–water partition coefficient (Wildman–Crippen LogP) is 3.56. The van der Waals surface area contributed by atoms with Crippen LogP contribution in [0.15, 0.2) is 5.38 Å². The van der Waals surface area contributed by atoms with Crippen molar-refractivity contribution >= 4 is 22.4 Å². The number of hydrogen-bond acceptors (Lipinski definition) is 5. The van der Waals surface area contributed by atoms with Crippen molar-refractivity contribution in [1.29, 1.82) is 0 Å². The molecule has 0 saturated heterocycles. The number of nitrogens with zero attached hydrogens (tertiary/aromatic N) is 1. The summed E-state index contributed by atoms with van der Waals surface area (Å²) in [6, 6.07) is 0.463. The molecule has 2 rings (SSSR count). The summed E-state index contributed by atoms with van der Waals surface area (Å²) in [6.45, 7) is 6.79. The van der Waals surface area contributed by atoms with Crippen molar-refractivity contribution in [3.63, 3.8) is 0 Å². The van der Waals surface area contributed by atoms with Gasteiger partial charge in [0.05, 0.1) is 6.61 Å². The zero-order chi connectivity index (χ0) is 13.8. The second-order valence-electron chi connectivity index (χ2n) is 5.28. The summed E-state index contributed by atoms with van der Waals surface area (Å²) in [6.07, 6.45) is 3.75. The van der Waals surface area contributed by atoms with Crippen molar-refractivity contribution in [3.05, 3.63) is 11.1 Å². The van der Waals surface area contributed by atoms with E-state index in [9.17, 15) is 4.79 Å². The Morgan fingerprint density at radius 3 is 3.05 bits per heavy atom. The first-order valence-corrected chi connectivity index (χ1v) is 7.89. The minimum absolute atomic E-state index is 0.336. The van der Waals surface area contributed by atoms with E-state index in [1.54, 1.807) is 12.3 Å². The van der Waals surface area contributed by atoms with Crippen molar-refractivity contribution in [3.8, 4) is 0 Å². The van der Waals surface area contributed by atoms with E-state index in [0.717, 1.165) is 11.0 Å². The van der Waals surface area contributed by atoms with E-state index in [4.69, 9.17) is 4.74 Å². The highest BCUT2D eigenvalue weighted by atomic mass is 32.1. The molecule has 0 radical (unpaired) electrons. The van der Waals surface area contributed by atoms with Gasteiger partial charge in [0.1, 0.15) is 0 Å². The highest BCUT2D eigenvalue weighted by Crippen LogP contribution is 2.32. The molecule has 1 aliphatic carbocycles. The molecule has 0 aliphatic heterocycles. The van der Waals surface area contributed by atoms with Gasteiger partial charge in [-0.05, 0) is 25.2 Å². The van der Waals surface area contributed by atoms with Crippen molar-refractivity contribution in [2.24, 2.45) is 11.8 Å². The lowest BCUT2D eigenvalue weighted by molar-refractivity contribution is 0.0520. The normalized spacial score (nSPS) is 27.0. The maximum absolute atomic E-state index is 11.6. The molecule has 0 amide bonds. The SMILES string of the molecule is CCOC(=O)c1csc(NC2CCCC(C)C2C)n1. The first-order chi connectivity index (χ1) is 9.11. The van der Waals surface area contributed by atoms with Crippen LogP contribution in [0.4, 0.5) is 5.13 Å². The Bertz CT molecular complexity index is 433. The molecule has 1 aliphatic rings. The third-order valence-electron chi connectivity index (χ3n) is 4.00. The molecule has 1 saturated carbocycles. The smallest absolute Gasteiger partial charge is 0.357 e. The van der Waals surface area contributed by atoms with E-state index in [1.165, 1.54) is 30.6 Å². The summed E-state index contributed by atoms with van der Waals surface area (Å²) in [5.74, 6) is 1.05. The van der Waals surface area contributed by atoms with Crippen LogP contribution in [0.3, 0.4) is 0 Å². The molecule has 1 aromatic heterocycles. The number of ether oxygens (including phenoxy) is 1. The molecule has 0 spiro atoms. The summed E-state index contributed by atoms with van der Waals surface area (Å²) in [5.41, 5.74) is 0.408. The van der Waals surface area contributed by atoms with Gasteiger partial charge in [-0.3, -0.25) is 0 Å². The minimum Gasteiger partial charge on any atom is -0.461 e. The van der Waals surface area contributed by atoms with Crippen LogP contribution in [0.2, 0.25) is 0 Å². The average molecular weight is 282 g/mol. The molecule has 1 heterocycles. The van der Waals surface area contributed by atoms with Crippen molar-refractivity contribution in [2.75, 3.05) is 11.9 Å². The Morgan fingerprint density at radius 2 is 2.32 bits per heavy atom. The minimum atomic E-state index is -0.336. The fourth-order valence-electron chi connectivity index (χ4n) is 2.58. The van der Waals surface area contributed by atoms with Crippen LogP contribution in [0.1, 0.15) is 50.5 Å². The number of esters is 1. The molecule has 1 N–H and O–H groups in total. The number of carbonyl (C=O) groups excluding carboxylic acids is 1. The van der Waals surface area contributed by atoms with Crippen molar-refractivity contribution in [2.45, 2.75) is 46.1 Å². The second kappa shape index (κ2) is 6.37. The Morgan fingerprint density at radius 1 is 1.53 bits per heavy atom. The van der Waals surface area contributed by atoms with Crippen LogP contribution in [-0.4, -0.2) is 23.6 Å². The zero-order valence-corrected chi connectivity index (χ0v) is 12.6. The molecule has 19 heavy (non-hydrogen) atoms. The van der Waals surface area contributed by atoms with Gasteiger partial charge in [0, 0.05) is 11.4 Å². The van der Waals surface area contributed by atoms with Crippen LogP contribution in [-0.2, 0) is 4.74 Å². The van der Waals surface area contributed by atoms with E-state index >= 15 is 0 Å². The molecule has 3 unspecified atom stereocenters. The number of anilines is 1. The molecule has 3 atom stereocenters. The van der Waals surface area contributed by atoms with E-state index in [0.29, 0.717) is 24.3 Å². The first-order valence-electron chi connectivity index (χ1n) is 7.01. The lowest BCUT2D eigenvalue weighted by atomic mass is 9.78. The number of rotatable bonds is 4. The van der Waals surface area contributed by atoms with Crippen LogP contribution in [0.5, 0.6) is 0 Å². The van der Waals surface area contributed by atoms with Gasteiger partial charge in [-0.2, -0.15) is 0 Å². The van der Waals surface area contributed by atoms with E-state index < -0.39 is 0 Å². The average Bonchev–Trinajstić information content (AvgIpc) is 2.84. The lowest BCUT2D eigenvalue weighted by Gasteiger charge is -2.34. The van der Waals surface area contributed by atoms with Gasteiger partial charge in [0.25, 0.3) is 0 Å². The van der Waals surface area contributed by atoms with Crippen LogP contribution in [0, 0.1) is 11.8 Å². The number of nitrogens with one attached hydrogen (secondary N) is 1. The maximum atomic E-state index is 11.6. The van der Waals surface area contributed by atoms with Gasteiger partial charge in [0.15, 0.2) is 10.8 Å². The molecule has 1 aromatic rings. The summed E-state index contributed by atoms with van der Waals surface area (Å²) in [4.78, 5) is 15.9. The first kappa shape index (κ1) is 14.3. The highest BCUT2D eigenvalue weighted by molar-refractivity contribution is 7.13. The van der Waals surface area contributed by atoms with Crippen molar-refractivity contribution < 1.29 is 9.53 Å². The molecule has 0 aromatic carbocycles. The van der Waals surface area contributed by atoms with Gasteiger partial charge in [-0.15, -0.1) is 11.3 Å². The second-order valence-corrected chi connectivity index (χ2v) is 6.13. The monoisotopic (exact) mass is 282 g/mol. The van der Waals surface area contributed by atoms with Gasteiger partial charge in [-0.1, -0.05) is 26.7 Å². The Hall–Kier alpha value is -1.10. The molecule has 4 nitrogen and oxygen atoms in total. The maximum Gasteiger partial charge on any atom is 0.357 e. The Labute approximate surface area is 118 Å².